The topological polar surface area (TPSA) is 49.7 Å². The molecular formula is C13H21BO3. The Hall–Kier alpha value is -0.835. The van der Waals surface area contributed by atoms with Gasteiger partial charge in [0.15, 0.2) is 0 Å². The number of hydrogen-bond donors (Lipinski definition) is 2. The van der Waals surface area contributed by atoms with Crippen LogP contribution >= 0.6 is 0 Å². The van der Waals surface area contributed by atoms with Gasteiger partial charge in [0.05, 0.1) is 12.7 Å². The third-order valence-corrected chi connectivity index (χ3v) is 2.66. The maximum Gasteiger partial charge on any atom is 0.488 e. The highest BCUT2D eigenvalue weighted by Gasteiger charge is 2.15. The molecule has 0 aliphatic heterocycles. The van der Waals surface area contributed by atoms with Gasteiger partial charge in [-0.1, -0.05) is 38.1 Å². The summed E-state index contributed by atoms with van der Waals surface area (Å²) in [6.07, 6.45) is 1.18. The van der Waals surface area contributed by atoms with Crippen molar-refractivity contribution in [1.29, 1.82) is 0 Å². The minimum atomic E-state index is -1.43. The predicted molar refractivity (Wildman–Crippen MR) is 70.0 cm³/mol. The van der Waals surface area contributed by atoms with Crippen LogP contribution in [0.15, 0.2) is 24.3 Å². The Kier molecular flexibility index (Phi) is 5.68. The molecule has 4 heteroatoms. The van der Waals surface area contributed by atoms with Gasteiger partial charge in [0.2, 0.25) is 0 Å². The molecule has 1 unspecified atom stereocenters. The second-order valence-corrected chi connectivity index (χ2v) is 4.82. The first-order valence-corrected chi connectivity index (χ1v) is 6.06. The van der Waals surface area contributed by atoms with Crippen molar-refractivity contribution in [3.8, 4) is 0 Å². The molecule has 17 heavy (non-hydrogen) atoms. The molecule has 2 N–H and O–H groups in total. The summed E-state index contributed by atoms with van der Waals surface area (Å²) in [6, 6.07) is 7.22. The van der Waals surface area contributed by atoms with Crippen molar-refractivity contribution in [2.45, 2.75) is 39.9 Å². The van der Waals surface area contributed by atoms with Crippen LogP contribution in [0.4, 0.5) is 0 Å². The number of rotatable bonds is 6. The molecule has 1 aromatic rings. The van der Waals surface area contributed by atoms with Gasteiger partial charge < -0.3 is 14.8 Å². The smallest absolute Gasteiger partial charge is 0.423 e. The Balaban J connectivity index is 2.57. The van der Waals surface area contributed by atoms with Crippen LogP contribution in [0.3, 0.4) is 0 Å². The van der Waals surface area contributed by atoms with E-state index < -0.39 is 7.12 Å². The quantitative estimate of drug-likeness (QED) is 0.732. The Morgan fingerprint density at radius 3 is 2.41 bits per heavy atom. The fourth-order valence-corrected chi connectivity index (χ4v) is 1.88. The Labute approximate surface area is 104 Å². The molecule has 0 radical (unpaired) electrons. The van der Waals surface area contributed by atoms with Crippen molar-refractivity contribution < 1.29 is 14.8 Å². The Morgan fingerprint density at radius 2 is 1.82 bits per heavy atom. The summed E-state index contributed by atoms with van der Waals surface area (Å²) in [4.78, 5) is 0. The maximum absolute atomic E-state index is 9.22. The SMILES string of the molecule is CC(C)CC(C)OCc1ccccc1B(O)O. The van der Waals surface area contributed by atoms with E-state index in [9.17, 15) is 10.0 Å². The monoisotopic (exact) mass is 236 g/mol. The molecule has 0 aliphatic rings. The largest absolute Gasteiger partial charge is 0.488 e. The lowest BCUT2D eigenvalue weighted by atomic mass is 9.77. The number of hydrogen-bond acceptors (Lipinski definition) is 3. The molecule has 3 nitrogen and oxygen atoms in total. The van der Waals surface area contributed by atoms with Gasteiger partial charge in [0.25, 0.3) is 0 Å². The molecule has 0 fully saturated rings. The lowest BCUT2D eigenvalue weighted by molar-refractivity contribution is 0.0400. The third kappa shape index (κ3) is 4.90. The van der Waals surface area contributed by atoms with Crippen molar-refractivity contribution in [3.63, 3.8) is 0 Å². The lowest BCUT2D eigenvalue weighted by Crippen LogP contribution is -2.33. The second-order valence-electron chi connectivity index (χ2n) is 4.82. The average molecular weight is 236 g/mol. The molecule has 0 aromatic heterocycles. The zero-order valence-electron chi connectivity index (χ0n) is 10.8. The van der Waals surface area contributed by atoms with Crippen LogP contribution in [0.25, 0.3) is 0 Å². The molecule has 0 heterocycles. The van der Waals surface area contributed by atoms with Crippen LogP contribution < -0.4 is 5.46 Å². The molecule has 1 aromatic carbocycles. The van der Waals surface area contributed by atoms with E-state index >= 15 is 0 Å². The zero-order chi connectivity index (χ0) is 12.8. The highest BCUT2D eigenvalue weighted by molar-refractivity contribution is 6.59. The van der Waals surface area contributed by atoms with Crippen LogP contribution in [0.2, 0.25) is 0 Å². The minimum absolute atomic E-state index is 0.180. The molecule has 0 saturated carbocycles. The summed E-state index contributed by atoms with van der Waals surface area (Å²) in [6.45, 7) is 6.77. The average Bonchev–Trinajstić information content (AvgIpc) is 2.25. The summed E-state index contributed by atoms with van der Waals surface area (Å²) in [5.74, 6) is 0.601. The summed E-state index contributed by atoms with van der Waals surface area (Å²) in [5.41, 5.74) is 1.35. The van der Waals surface area contributed by atoms with E-state index in [4.69, 9.17) is 4.74 Å². The highest BCUT2D eigenvalue weighted by Crippen LogP contribution is 2.10. The van der Waals surface area contributed by atoms with Crippen LogP contribution in [0.5, 0.6) is 0 Å². The molecule has 0 aliphatic carbocycles. The molecule has 0 bridgehead atoms. The first-order chi connectivity index (χ1) is 8.00. The standard InChI is InChI=1S/C13H21BO3/c1-10(2)8-11(3)17-9-12-6-4-5-7-13(12)14(15)16/h4-7,10-11,15-16H,8-9H2,1-3H3. The first kappa shape index (κ1) is 14.2. The second kappa shape index (κ2) is 6.79. The molecule has 0 spiro atoms. The predicted octanol–water partition coefficient (Wildman–Crippen LogP) is 1.32. The van der Waals surface area contributed by atoms with Gasteiger partial charge in [-0.2, -0.15) is 0 Å². The van der Waals surface area contributed by atoms with E-state index in [-0.39, 0.29) is 6.10 Å². The van der Waals surface area contributed by atoms with Crippen LogP contribution in [-0.2, 0) is 11.3 Å². The first-order valence-electron chi connectivity index (χ1n) is 6.06. The van der Waals surface area contributed by atoms with Gasteiger partial charge in [-0.15, -0.1) is 0 Å². The molecule has 94 valence electrons. The lowest BCUT2D eigenvalue weighted by Gasteiger charge is -2.16. The minimum Gasteiger partial charge on any atom is -0.423 e. The van der Waals surface area contributed by atoms with Crippen LogP contribution in [-0.4, -0.2) is 23.3 Å². The molecule has 1 atom stereocenters. The van der Waals surface area contributed by atoms with Gasteiger partial charge in [0.1, 0.15) is 0 Å². The summed E-state index contributed by atoms with van der Waals surface area (Å²) >= 11 is 0. The van der Waals surface area contributed by atoms with E-state index in [0.29, 0.717) is 18.0 Å². The van der Waals surface area contributed by atoms with E-state index in [1.807, 2.05) is 19.1 Å². The van der Waals surface area contributed by atoms with Crippen LogP contribution in [0, 0.1) is 5.92 Å². The molecule has 0 amide bonds. The van der Waals surface area contributed by atoms with Crippen molar-refractivity contribution in [2.75, 3.05) is 0 Å². The van der Waals surface area contributed by atoms with E-state index in [1.165, 1.54) is 0 Å². The summed E-state index contributed by atoms with van der Waals surface area (Å²) < 4.78 is 5.71. The Morgan fingerprint density at radius 1 is 1.18 bits per heavy atom. The maximum atomic E-state index is 9.22. The van der Waals surface area contributed by atoms with Crippen molar-refractivity contribution in [1.82, 2.24) is 0 Å². The number of ether oxygens (including phenoxy) is 1. The van der Waals surface area contributed by atoms with Crippen molar-refractivity contribution >= 4 is 12.6 Å². The fraction of sp³-hybridized carbons (Fsp3) is 0.538. The highest BCUT2D eigenvalue weighted by atomic mass is 16.5. The van der Waals surface area contributed by atoms with E-state index in [0.717, 1.165) is 12.0 Å². The zero-order valence-corrected chi connectivity index (χ0v) is 10.8. The number of benzene rings is 1. The van der Waals surface area contributed by atoms with Gasteiger partial charge in [-0.3, -0.25) is 0 Å². The van der Waals surface area contributed by atoms with Gasteiger partial charge in [-0.25, -0.2) is 0 Å². The van der Waals surface area contributed by atoms with Gasteiger partial charge >= 0.3 is 7.12 Å². The van der Waals surface area contributed by atoms with E-state index in [2.05, 4.69) is 13.8 Å². The van der Waals surface area contributed by atoms with Gasteiger partial charge in [0, 0.05) is 0 Å². The molecule has 1 rings (SSSR count). The summed E-state index contributed by atoms with van der Waals surface area (Å²) in [5, 5.41) is 18.4. The van der Waals surface area contributed by atoms with Crippen molar-refractivity contribution in [2.24, 2.45) is 5.92 Å². The molecular weight excluding hydrogens is 215 g/mol. The normalized spacial score (nSPS) is 12.8. The Bertz CT molecular complexity index is 339. The van der Waals surface area contributed by atoms with Crippen LogP contribution in [0.1, 0.15) is 32.8 Å². The van der Waals surface area contributed by atoms with Gasteiger partial charge in [-0.05, 0) is 30.3 Å². The summed E-state index contributed by atoms with van der Waals surface area (Å²) in [7, 11) is -1.43. The van der Waals surface area contributed by atoms with Crippen molar-refractivity contribution in [3.05, 3.63) is 29.8 Å². The third-order valence-electron chi connectivity index (χ3n) is 2.66. The molecule has 0 saturated heterocycles. The van der Waals surface area contributed by atoms with E-state index in [1.54, 1.807) is 12.1 Å². The fourth-order valence-electron chi connectivity index (χ4n) is 1.88.